The Hall–Kier alpha value is -3.58. The minimum absolute atomic E-state index is 0.136. The van der Waals surface area contributed by atoms with Gasteiger partial charge in [-0.25, -0.2) is 0 Å². The first-order chi connectivity index (χ1) is 14.2. The Labute approximate surface area is 171 Å². The summed E-state index contributed by atoms with van der Waals surface area (Å²) in [6.45, 7) is 2.27. The molecule has 29 heavy (non-hydrogen) atoms. The monoisotopic (exact) mass is 385 g/mol. The van der Waals surface area contributed by atoms with E-state index < -0.39 is 5.92 Å². The number of hydrogen-bond acceptors (Lipinski definition) is 4. The summed E-state index contributed by atoms with van der Waals surface area (Å²) in [4.78, 5) is 11.6. The fourth-order valence-electron chi connectivity index (χ4n) is 2.90. The van der Waals surface area contributed by atoms with Crippen molar-refractivity contribution in [2.24, 2.45) is 5.92 Å². The largest absolute Gasteiger partial charge is 0.485 e. The molecular weight excluding hydrogens is 362 g/mol. The number of nitrogens with zero attached hydrogens (tertiary/aromatic N) is 1. The van der Waals surface area contributed by atoms with E-state index in [1.54, 1.807) is 0 Å². The lowest BCUT2D eigenvalue weighted by Crippen LogP contribution is -2.11. The lowest BCUT2D eigenvalue weighted by molar-refractivity contribution is -0.119. The average Bonchev–Trinajstić information content (AvgIpc) is 2.76. The zero-order valence-corrected chi connectivity index (χ0v) is 16.4. The third-order valence-electron chi connectivity index (χ3n) is 4.57. The molecule has 1 atom stereocenters. The van der Waals surface area contributed by atoms with Crippen LogP contribution >= 0.6 is 0 Å². The molecule has 0 spiro atoms. The fraction of sp³-hybridized carbons (Fsp3) is 0.200. The van der Waals surface area contributed by atoms with Crippen molar-refractivity contribution in [3.63, 3.8) is 0 Å². The van der Waals surface area contributed by atoms with E-state index in [4.69, 9.17) is 9.47 Å². The topological polar surface area (TPSA) is 59.3 Å². The molecule has 1 unspecified atom stereocenters. The highest BCUT2D eigenvalue weighted by molar-refractivity contribution is 5.81. The van der Waals surface area contributed by atoms with Gasteiger partial charge in [0, 0.05) is 0 Å². The van der Waals surface area contributed by atoms with Crippen molar-refractivity contribution in [1.82, 2.24) is 0 Å². The average molecular weight is 385 g/mol. The van der Waals surface area contributed by atoms with Gasteiger partial charge in [-0.2, -0.15) is 5.26 Å². The molecule has 0 radical (unpaired) electrons. The lowest BCUT2D eigenvalue weighted by Gasteiger charge is -2.15. The summed E-state index contributed by atoms with van der Waals surface area (Å²) < 4.78 is 12.0. The van der Waals surface area contributed by atoms with Crippen molar-refractivity contribution in [3.05, 3.63) is 95.6 Å². The summed E-state index contributed by atoms with van der Waals surface area (Å²) in [6.07, 6.45) is 0.354. The van der Waals surface area contributed by atoms with Crippen molar-refractivity contribution in [2.75, 3.05) is 0 Å². The fourth-order valence-corrected chi connectivity index (χ4v) is 2.90. The first-order valence-electron chi connectivity index (χ1n) is 9.52. The van der Waals surface area contributed by atoms with Crippen LogP contribution in [0, 0.1) is 17.2 Å². The number of benzene rings is 3. The molecule has 0 aliphatic carbocycles. The van der Waals surface area contributed by atoms with Gasteiger partial charge in [0.2, 0.25) is 0 Å². The predicted molar refractivity (Wildman–Crippen MR) is 111 cm³/mol. The van der Waals surface area contributed by atoms with E-state index >= 15 is 0 Å². The maximum atomic E-state index is 11.6. The van der Waals surface area contributed by atoms with Crippen LogP contribution in [0.2, 0.25) is 0 Å². The van der Waals surface area contributed by atoms with E-state index in [-0.39, 0.29) is 5.78 Å². The first kappa shape index (κ1) is 20.2. The van der Waals surface area contributed by atoms with Crippen LogP contribution in [-0.2, 0) is 24.4 Å². The Morgan fingerprint density at radius 2 is 1.38 bits per heavy atom. The molecule has 0 saturated heterocycles. The standard InChI is InChI=1S/C25H23NO3/c1-19(27)23(16-26)14-22-12-13-24(28-17-20-8-4-2-5-9-20)25(15-22)29-18-21-10-6-3-7-11-21/h2-13,15,23H,14,17-18H2,1H3. The number of ketones is 1. The zero-order valence-electron chi connectivity index (χ0n) is 16.4. The Morgan fingerprint density at radius 1 is 0.828 bits per heavy atom. The van der Waals surface area contributed by atoms with Crippen LogP contribution < -0.4 is 9.47 Å². The van der Waals surface area contributed by atoms with Gasteiger partial charge in [-0.3, -0.25) is 4.79 Å². The first-order valence-corrected chi connectivity index (χ1v) is 9.52. The van der Waals surface area contributed by atoms with E-state index in [0.29, 0.717) is 31.1 Å². The Bertz CT molecular complexity index is 978. The molecule has 4 nitrogen and oxygen atoms in total. The molecule has 0 aromatic heterocycles. The molecule has 0 heterocycles. The Balaban J connectivity index is 1.79. The van der Waals surface area contributed by atoms with Crippen LogP contribution in [0.1, 0.15) is 23.6 Å². The summed E-state index contributed by atoms with van der Waals surface area (Å²) in [7, 11) is 0. The summed E-state index contributed by atoms with van der Waals surface area (Å²) in [5.41, 5.74) is 2.97. The van der Waals surface area contributed by atoms with Crippen LogP contribution in [0.15, 0.2) is 78.9 Å². The second kappa shape index (κ2) is 10.1. The molecule has 0 fully saturated rings. The van der Waals surface area contributed by atoms with E-state index in [9.17, 15) is 10.1 Å². The van der Waals surface area contributed by atoms with Gasteiger partial charge in [0.1, 0.15) is 24.9 Å². The smallest absolute Gasteiger partial charge is 0.161 e. The summed E-state index contributed by atoms with van der Waals surface area (Å²) in [5, 5.41) is 9.22. The predicted octanol–water partition coefficient (Wildman–Crippen LogP) is 5.12. The maximum absolute atomic E-state index is 11.6. The second-order valence-corrected chi connectivity index (χ2v) is 6.83. The molecule has 0 amide bonds. The molecule has 4 heteroatoms. The van der Waals surface area contributed by atoms with Crippen molar-refractivity contribution in [1.29, 1.82) is 5.26 Å². The van der Waals surface area contributed by atoms with Gasteiger partial charge in [0.15, 0.2) is 11.5 Å². The molecule has 3 aromatic rings. The van der Waals surface area contributed by atoms with Crippen LogP contribution in [0.25, 0.3) is 0 Å². The molecule has 0 N–H and O–H groups in total. The summed E-state index contributed by atoms with van der Waals surface area (Å²) in [6, 6.07) is 27.4. The van der Waals surface area contributed by atoms with Crippen molar-refractivity contribution < 1.29 is 14.3 Å². The molecular formula is C25H23NO3. The minimum Gasteiger partial charge on any atom is -0.485 e. The number of carbonyl (C=O) groups is 1. The highest BCUT2D eigenvalue weighted by Gasteiger charge is 2.16. The van der Waals surface area contributed by atoms with Crippen LogP contribution in [0.4, 0.5) is 0 Å². The van der Waals surface area contributed by atoms with Crippen molar-refractivity contribution >= 4 is 5.78 Å². The van der Waals surface area contributed by atoms with Gasteiger partial charge in [0.25, 0.3) is 0 Å². The molecule has 3 aromatic carbocycles. The number of nitriles is 1. The highest BCUT2D eigenvalue weighted by atomic mass is 16.5. The third kappa shape index (κ3) is 5.95. The second-order valence-electron chi connectivity index (χ2n) is 6.83. The number of hydrogen-bond donors (Lipinski definition) is 0. The SMILES string of the molecule is CC(=O)C(C#N)Cc1ccc(OCc2ccccc2)c(OCc2ccccc2)c1. The van der Waals surface area contributed by atoms with Crippen LogP contribution in [0.5, 0.6) is 11.5 Å². The lowest BCUT2D eigenvalue weighted by atomic mass is 9.97. The highest BCUT2D eigenvalue weighted by Crippen LogP contribution is 2.31. The summed E-state index contributed by atoms with van der Waals surface area (Å²) >= 11 is 0. The van der Waals surface area contributed by atoms with Gasteiger partial charge in [-0.05, 0) is 42.2 Å². The number of carbonyl (C=O) groups excluding carboxylic acids is 1. The maximum Gasteiger partial charge on any atom is 0.161 e. The van der Waals surface area contributed by atoms with Crippen LogP contribution in [-0.4, -0.2) is 5.78 Å². The van der Waals surface area contributed by atoms with Gasteiger partial charge in [-0.15, -0.1) is 0 Å². The molecule has 0 saturated carbocycles. The van der Waals surface area contributed by atoms with Crippen molar-refractivity contribution in [2.45, 2.75) is 26.6 Å². The van der Waals surface area contributed by atoms with Crippen LogP contribution in [0.3, 0.4) is 0 Å². The summed E-state index contributed by atoms with van der Waals surface area (Å²) in [5.74, 6) is 0.434. The zero-order chi connectivity index (χ0) is 20.5. The molecule has 0 aliphatic rings. The number of Topliss-reactive ketones (excluding diaryl/α,β-unsaturated/α-hetero) is 1. The molecule has 146 valence electrons. The van der Waals surface area contributed by atoms with E-state index in [2.05, 4.69) is 6.07 Å². The number of ether oxygens (including phenoxy) is 2. The van der Waals surface area contributed by atoms with Gasteiger partial charge in [0.05, 0.1) is 6.07 Å². The van der Waals surface area contributed by atoms with Gasteiger partial charge in [-0.1, -0.05) is 66.7 Å². The van der Waals surface area contributed by atoms with Gasteiger partial charge < -0.3 is 9.47 Å². The molecule has 3 rings (SSSR count). The Morgan fingerprint density at radius 3 is 1.90 bits per heavy atom. The normalized spacial score (nSPS) is 11.3. The quantitative estimate of drug-likeness (QED) is 0.513. The van der Waals surface area contributed by atoms with Crippen molar-refractivity contribution in [3.8, 4) is 17.6 Å². The van der Waals surface area contributed by atoms with E-state index in [0.717, 1.165) is 16.7 Å². The minimum atomic E-state index is -0.659. The Kier molecular flexibility index (Phi) is 7.02. The third-order valence-corrected chi connectivity index (χ3v) is 4.57. The molecule has 0 aliphatic heterocycles. The van der Waals surface area contributed by atoms with E-state index in [1.807, 2.05) is 78.9 Å². The van der Waals surface area contributed by atoms with E-state index in [1.165, 1.54) is 6.92 Å². The van der Waals surface area contributed by atoms with Gasteiger partial charge >= 0.3 is 0 Å². The number of rotatable bonds is 9. The molecule has 0 bridgehead atoms.